The van der Waals surface area contributed by atoms with E-state index in [0.717, 1.165) is 24.2 Å². The Hall–Kier alpha value is -1.42. The topological polar surface area (TPSA) is 82.0 Å². The second kappa shape index (κ2) is 5.46. The van der Waals surface area contributed by atoms with Gasteiger partial charge >= 0.3 is 0 Å². The first-order valence-corrected chi connectivity index (χ1v) is 5.07. The number of aryl methyl sites for hydroxylation is 2. The number of hydrogen-bond acceptors (Lipinski definition) is 3. The van der Waals surface area contributed by atoms with Crippen LogP contribution in [0.3, 0.4) is 0 Å². The average molecular weight is 207 g/mol. The number of nitrogens with two attached hydrogens (primary N) is 2. The molecule has 0 spiro atoms. The highest BCUT2D eigenvalue weighted by molar-refractivity contribution is 5.79. The Labute approximate surface area is 89.7 Å². The molecule has 15 heavy (non-hydrogen) atoms. The van der Waals surface area contributed by atoms with Gasteiger partial charge in [0.05, 0.1) is 6.04 Å². The van der Waals surface area contributed by atoms with Gasteiger partial charge in [0.15, 0.2) is 0 Å². The smallest absolute Gasteiger partial charge is 0.234 e. The summed E-state index contributed by atoms with van der Waals surface area (Å²) in [4.78, 5) is 15.0. The third-order valence-corrected chi connectivity index (χ3v) is 2.26. The molecule has 4 N–H and O–H groups in total. The number of nitrogens with zero attached hydrogens (tertiary/aromatic N) is 1. The van der Waals surface area contributed by atoms with Crippen molar-refractivity contribution in [3.63, 3.8) is 0 Å². The highest BCUT2D eigenvalue weighted by Gasteiger charge is 2.08. The van der Waals surface area contributed by atoms with E-state index in [1.54, 1.807) is 0 Å². The van der Waals surface area contributed by atoms with Crippen LogP contribution in [0.1, 0.15) is 24.2 Å². The molecule has 1 aromatic rings. The van der Waals surface area contributed by atoms with E-state index in [0.29, 0.717) is 6.42 Å². The molecule has 0 radical (unpaired) electrons. The van der Waals surface area contributed by atoms with E-state index in [1.807, 2.05) is 25.1 Å². The van der Waals surface area contributed by atoms with E-state index in [1.165, 1.54) is 0 Å². The van der Waals surface area contributed by atoms with Crippen LogP contribution in [0.15, 0.2) is 18.2 Å². The summed E-state index contributed by atoms with van der Waals surface area (Å²) in [7, 11) is 0. The minimum absolute atomic E-state index is 0.438. The van der Waals surface area contributed by atoms with Crippen molar-refractivity contribution in [3.05, 3.63) is 29.6 Å². The zero-order valence-electron chi connectivity index (χ0n) is 8.94. The van der Waals surface area contributed by atoms with Crippen LogP contribution in [0.25, 0.3) is 0 Å². The molecule has 0 unspecified atom stereocenters. The Morgan fingerprint density at radius 2 is 2.27 bits per heavy atom. The van der Waals surface area contributed by atoms with Crippen molar-refractivity contribution in [2.75, 3.05) is 0 Å². The summed E-state index contributed by atoms with van der Waals surface area (Å²) >= 11 is 0. The molecule has 0 aliphatic heterocycles. The van der Waals surface area contributed by atoms with Gasteiger partial charge in [0.2, 0.25) is 5.91 Å². The first kappa shape index (κ1) is 11.7. The Bertz CT molecular complexity index is 338. The molecule has 82 valence electrons. The fraction of sp³-hybridized carbons (Fsp3) is 0.455. The fourth-order valence-corrected chi connectivity index (χ4v) is 1.38. The molecule has 1 amide bonds. The van der Waals surface area contributed by atoms with E-state index in [-0.39, 0.29) is 0 Å². The minimum atomic E-state index is -0.533. The highest BCUT2D eigenvalue weighted by Crippen LogP contribution is 2.04. The van der Waals surface area contributed by atoms with Crippen LogP contribution in [-0.4, -0.2) is 16.9 Å². The molecule has 0 saturated carbocycles. The molecule has 1 aromatic heterocycles. The van der Waals surface area contributed by atoms with Crippen molar-refractivity contribution < 1.29 is 4.79 Å². The highest BCUT2D eigenvalue weighted by atomic mass is 16.1. The summed E-state index contributed by atoms with van der Waals surface area (Å²) in [6, 6.07) is 5.38. The van der Waals surface area contributed by atoms with Gasteiger partial charge in [-0.2, -0.15) is 0 Å². The van der Waals surface area contributed by atoms with Crippen molar-refractivity contribution in [2.24, 2.45) is 11.5 Å². The molecule has 1 rings (SSSR count). The van der Waals surface area contributed by atoms with Crippen LogP contribution in [0.2, 0.25) is 0 Å². The molecular formula is C11H17N3O. The van der Waals surface area contributed by atoms with Crippen LogP contribution in [0.4, 0.5) is 0 Å². The maximum Gasteiger partial charge on any atom is 0.234 e. The van der Waals surface area contributed by atoms with E-state index in [9.17, 15) is 4.79 Å². The maximum absolute atomic E-state index is 10.7. The second-order valence-electron chi connectivity index (χ2n) is 3.67. The van der Waals surface area contributed by atoms with Gasteiger partial charge in [-0.25, -0.2) is 0 Å². The largest absolute Gasteiger partial charge is 0.368 e. The van der Waals surface area contributed by atoms with E-state index in [4.69, 9.17) is 11.5 Å². The first-order valence-electron chi connectivity index (χ1n) is 5.07. The molecule has 1 heterocycles. The summed E-state index contributed by atoms with van der Waals surface area (Å²) in [5.41, 5.74) is 12.6. The molecule has 0 saturated heterocycles. The fourth-order valence-electron chi connectivity index (χ4n) is 1.38. The van der Waals surface area contributed by atoms with Crippen molar-refractivity contribution in [2.45, 2.75) is 32.2 Å². The molecule has 0 fully saturated rings. The van der Waals surface area contributed by atoms with Crippen molar-refractivity contribution in [1.82, 2.24) is 4.98 Å². The lowest BCUT2D eigenvalue weighted by Crippen LogP contribution is -2.36. The summed E-state index contributed by atoms with van der Waals surface area (Å²) in [5, 5.41) is 0. The Kier molecular flexibility index (Phi) is 4.24. The van der Waals surface area contributed by atoms with Gasteiger partial charge in [-0.1, -0.05) is 6.07 Å². The van der Waals surface area contributed by atoms with Crippen molar-refractivity contribution in [1.29, 1.82) is 0 Å². The predicted molar refractivity (Wildman–Crippen MR) is 59.1 cm³/mol. The van der Waals surface area contributed by atoms with Gasteiger partial charge in [-0.3, -0.25) is 9.78 Å². The third-order valence-electron chi connectivity index (χ3n) is 2.26. The SMILES string of the molecule is Cc1cccc(CCC[C@H](N)C(N)=O)n1. The number of hydrogen-bond donors (Lipinski definition) is 2. The summed E-state index contributed by atoms with van der Waals surface area (Å²) in [6.45, 7) is 1.96. The zero-order chi connectivity index (χ0) is 11.3. The Morgan fingerprint density at radius 1 is 1.53 bits per heavy atom. The second-order valence-corrected chi connectivity index (χ2v) is 3.67. The summed E-state index contributed by atoms with van der Waals surface area (Å²) in [6.07, 6.45) is 2.29. The Balaban J connectivity index is 2.35. The first-order chi connectivity index (χ1) is 7.09. The normalized spacial score (nSPS) is 12.4. The monoisotopic (exact) mass is 207 g/mol. The number of rotatable bonds is 5. The lowest BCUT2D eigenvalue weighted by atomic mass is 10.1. The lowest BCUT2D eigenvalue weighted by molar-refractivity contribution is -0.119. The van der Waals surface area contributed by atoms with Gasteiger partial charge in [0.1, 0.15) is 0 Å². The summed E-state index contributed by atoms with van der Waals surface area (Å²) in [5.74, 6) is -0.438. The molecule has 0 aliphatic carbocycles. The number of carbonyl (C=O) groups is 1. The van der Waals surface area contributed by atoms with Crippen LogP contribution < -0.4 is 11.5 Å². The van der Waals surface area contributed by atoms with Crippen molar-refractivity contribution in [3.8, 4) is 0 Å². The zero-order valence-corrected chi connectivity index (χ0v) is 8.94. The molecule has 0 aromatic carbocycles. The number of pyridine rings is 1. The van der Waals surface area contributed by atoms with E-state index in [2.05, 4.69) is 4.98 Å². The van der Waals surface area contributed by atoms with Gasteiger partial charge in [-0.15, -0.1) is 0 Å². The van der Waals surface area contributed by atoms with Gasteiger partial charge < -0.3 is 11.5 Å². The minimum Gasteiger partial charge on any atom is -0.368 e. The van der Waals surface area contributed by atoms with Crippen LogP contribution in [0.5, 0.6) is 0 Å². The quantitative estimate of drug-likeness (QED) is 0.738. The maximum atomic E-state index is 10.7. The molecule has 4 nitrogen and oxygen atoms in total. The molecule has 1 atom stereocenters. The third kappa shape index (κ3) is 4.08. The number of aromatic nitrogens is 1. The van der Waals surface area contributed by atoms with Crippen molar-refractivity contribution >= 4 is 5.91 Å². The van der Waals surface area contributed by atoms with E-state index >= 15 is 0 Å². The number of amides is 1. The van der Waals surface area contributed by atoms with Crippen LogP contribution >= 0.6 is 0 Å². The molecular weight excluding hydrogens is 190 g/mol. The summed E-state index contributed by atoms with van der Waals surface area (Å²) < 4.78 is 0. The van der Waals surface area contributed by atoms with E-state index < -0.39 is 11.9 Å². The van der Waals surface area contributed by atoms with Crippen LogP contribution in [-0.2, 0) is 11.2 Å². The van der Waals surface area contributed by atoms with Gasteiger partial charge in [0.25, 0.3) is 0 Å². The standard InChI is InChI=1S/C11H17N3O/c1-8-4-2-5-9(14-8)6-3-7-10(12)11(13)15/h2,4-5,10H,3,6-7,12H2,1H3,(H2,13,15)/t10-/m0/s1. The number of carbonyl (C=O) groups excluding carboxylic acids is 1. The predicted octanol–water partition coefficient (Wildman–Crippen LogP) is 0.525. The molecule has 4 heteroatoms. The van der Waals surface area contributed by atoms with Crippen LogP contribution in [0, 0.1) is 6.92 Å². The lowest BCUT2D eigenvalue weighted by Gasteiger charge is -2.06. The molecule has 0 aliphatic rings. The number of primary amides is 1. The average Bonchev–Trinajstić information content (AvgIpc) is 2.17. The van der Waals surface area contributed by atoms with Gasteiger partial charge in [-0.05, 0) is 38.3 Å². The van der Waals surface area contributed by atoms with Gasteiger partial charge in [0, 0.05) is 11.4 Å². The Morgan fingerprint density at radius 3 is 2.87 bits per heavy atom. The molecule has 0 bridgehead atoms.